The zero-order chi connectivity index (χ0) is 21.6. The summed E-state index contributed by atoms with van der Waals surface area (Å²) in [7, 11) is 3.39. The number of benzene rings is 1. The number of carbonyl (C=O) groups excluding carboxylic acids is 1. The van der Waals surface area contributed by atoms with E-state index in [1.54, 1.807) is 31.2 Å². The zero-order valence-electron chi connectivity index (χ0n) is 17.8. The van der Waals surface area contributed by atoms with Crippen LogP contribution in [-0.4, -0.2) is 58.9 Å². The Bertz CT molecular complexity index is 1040. The van der Waals surface area contributed by atoms with Gasteiger partial charge >= 0.3 is 0 Å². The van der Waals surface area contributed by atoms with Gasteiger partial charge in [-0.2, -0.15) is 5.10 Å². The van der Waals surface area contributed by atoms with Crippen LogP contribution in [0.2, 0.25) is 0 Å². The maximum absolute atomic E-state index is 12.6. The van der Waals surface area contributed by atoms with E-state index >= 15 is 0 Å². The van der Waals surface area contributed by atoms with Crippen LogP contribution in [0.4, 0.5) is 11.6 Å². The van der Waals surface area contributed by atoms with Crippen molar-refractivity contribution >= 4 is 17.5 Å². The maximum Gasteiger partial charge on any atom is 0.269 e. The number of aryl methyl sites for hydroxylation is 1. The Hall–Kier alpha value is -3.62. The van der Waals surface area contributed by atoms with Crippen LogP contribution in [0.3, 0.4) is 0 Å². The standard InChI is InChI=1S/C22H27N7O2/c1-28-19(13-18(27-28)16-6-5-7-17(12-16)31-2)22(30)24-9-8-23-20-14-21(26-15-25-20)29-10-3-4-11-29/h5-7,12-15H,3-4,8-11H2,1-2H3,(H,24,30)(H,23,25,26). The Morgan fingerprint density at radius 3 is 2.77 bits per heavy atom. The van der Waals surface area contributed by atoms with Gasteiger partial charge < -0.3 is 20.3 Å². The Labute approximate surface area is 181 Å². The van der Waals surface area contributed by atoms with Gasteiger partial charge in [0, 0.05) is 44.9 Å². The van der Waals surface area contributed by atoms with Gasteiger partial charge in [0.1, 0.15) is 29.4 Å². The number of rotatable bonds is 8. The van der Waals surface area contributed by atoms with Gasteiger partial charge in [0.15, 0.2) is 0 Å². The lowest BCUT2D eigenvalue weighted by atomic mass is 10.1. The fraction of sp³-hybridized carbons (Fsp3) is 0.364. The highest BCUT2D eigenvalue weighted by atomic mass is 16.5. The van der Waals surface area contributed by atoms with Crippen LogP contribution in [0.5, 0.6) is 5.75 Å². The van der Waals surface area contributed by atoms with Crippen LogP contribution in [0.15, 0.2) is 42.7 Å². The van der Waals surface area contributed by atoms with E-state index in [1.165, 1.54) is 12.8 Å². The van der Waals surface area contributed by atoms with Crippen molar-refractivity contribution in [3.63, 3.8) is 0 Å². The molecule has 2 aromatic heterocycles. The predicted molar refractivity (Wildman–Crippen MR) is 119 cm³/mol. The van der Waals surface area contributed by atoms with Crippen LogP contribution in [-0.2, 0) is 7.05 Å². The molecule has 3 heterocycles. The third-order valence-corrected chi connectivity index (χ3v) is 5.28. The quantitative estimate of drug-likeness (QED) is 0.539. The SMILES string of the molecule is COc1cccc(-c2cc(C(=O)NCCNc3cc(N4CCCC4)ncn3)n(C)n2)c1. The summed E-state index contributed by atoms with van der Waals surface area (Å²) in [6.45, 7) is 3.09. The fourth-order valence-electron chi connectivity index (χ4n) is 3.62. The monoisotopic (exact) mass is 421 g/mol. The van der Waals surface area contributed by atoms with Crippen molar-refractivity contribution in [3.05, 3.63) is 48.4 Å². The molecule has 162 valence electrons. The van der Waals surface area contributed by atoms with Crippen molar-refractivity contribution in [2.24, 2.45) is 7.05 Å². The second-order valence-electron chi connectivity index (χ2n) is 7.41. The summed E-state index contributed by atoms with van der Waals surface area (Å²) in [5.41, 5.74) is 2.12. The number of carbonyl (C=O) groups is 1. The summed E-state index contributed by atoms with van der Waals surface area (Å²) in [5, 5.41) is 10.6. The van der Waals surface area contributed by atoms with Crippen LogP contribution < -0.4 is 20.3 Å². The van der Waals surface area contributed by atoms with Crippen LogP contribution in [0, 0.1) is 0 Å². The van der Waals surface area contributed by atoms with Gasteiger partial charge in [0.05, 0.1) is 12.8 Å². The molecule has 1 aromatic carbocycles. The molecular formula is C22H27N7O2. The van der Waals surface area contributed by atoms with E-state index in [2.05, 4.69) is 30.6 Å². The van der Waals surface area contributed by atoms with Crippen molar-refractivity contribution in [2.75, 3.05) is 43.5 Å². The molecule has 1 amide bonds. The molecule has 9 nitrogen and oxygen atoms in total. The lowest BCUT2D eigenvalue weighted by molar-refractivity contribution is 0.0946. The van der Waals surface area contributed by atoms with Crippen LogP contribution in [0.1, 0.15) is 23.3 Å². The molecule has 1 aliphatic heterocycles. The molecule has 3 aromatic rings. The molecule has 31 heavy (non-hydrogen) atoms. The number of anilines is 2. The number of ether oxygens (including phenoxy) is 1. The summed E-state index contributed by atoms with van der Waals surface area (Å²) in [6.07, 6.45) is 3.98. The molecule has 9 heteroatoms. The van der Waals surface area contributed by atoms with Gasteiger partial charge in [-0.3, -0.25) is 9.48 Å². The second kappa shape index (κ2) is 9.46. The minimum atomic E-state index is -0.175. The number of amides is 1. The average molecular weight is 422 g/mol. The highest BCUT2D eigenvalue weighted by molar-refractivity contribution is 5.93. The lowest BCUT2D eigenvalue weighted by Gasteiger charge is -2.16. The summed E-state index contributed by atoms with van der Waals surface area (Å²) < 4.78 is 6.85. The van der Waals surface area contributed by atoms with Gasteiger partial charge in [-0.1, -0.05) is 12.1 Å². The Morgan fingerprint density at radius 1 is 1.13 bits per heavy atom. The van der Waals surface area contributed by atoms with Crippen molar-refractivity contribution in [2.45, 2.75) is 12.8 Å². The first-order chi connectivity index (χ1) is 15.1. The third kappa shape index (κ3) is 4.93. The Balaban J connectivity index is 1.31. The maximum atomic E-state index is 12.6. The molecule has 0 unspecified atom stereocenters. The van der Waals surface area contributed by atoms with E-state index in [4.69, 9.17) is 4.74 Å². The first-order valence-corrected chi connectivity index (χ1v) is 10.4. The fourth-order valence-corrected chi connectivity index (χ4v) is 3.62. The minimum absolute atomic E-state index is 0.175. The smallest absolute Gasteiger partial charge is 0.269 e. The number of hydrogen-bond acceptors (Lipinski definition) is 7. The normalized spacial score (nSPS) is 13.3. The van der Waals surface area contributed by atoms with Crippen molar-refractivity contribution in [3.8, 4) is 17.0 Å². The van der Waals surface area contributed by atoms with Crippen LogP contribution >= 0.6 is 0 Å². The van der Waals surface area contributed by atoms with E-state index in [9.17, 15) is 4.79 Å². The molecule has 0 atom stereocenters. The van der Waals surface area contributed by atoms with E-state index in [0.29, 0.717) is 18.8 Å². The first kappa shape index (κ1) is 20.6. The molecule has 2 N–H and O–H groups in total. The molecule has 0 bridgehead atoms. The molecular weight excluding hydrogens is 394 g/mol. The Morgan fingerprint density at radius 2 is 1.97 bits per heavy atom. The molecule has 4 rings (SSSR count). The highest BCUT2D eigenvalue weighted by Gasteiger charge is 2.15. The second-order valence-corrected chi connectivity index (χ2v) is 7.41. The predicted octanol–water partition coefficient (Wildman–Crippen LogP) is 2.33. The largest absolute Gasteiger partial charge is 0.497 e. The Kier molecular flexibility index (Phi) is 6.30. The molecule has 1 aliphatic rings. The van der Waals surface area contributed by atoms with Gasteiger partial charge in [-0.05, 0) is 31.0 Å². The van der Waals surface area contributed by atoms with Gasteiger partial charge in [0.2, 0.25) is 0 Å². The number of nitrogens with zero attached hydrogens (tertiary/aromatic N) is 5. The van der Waals surface area contributed by atoms with E-state index in [1.807, 2.05) is 30.3 Å². The number of hydrogen-bond donors (Lipinski definition) is 2. The number of nitrogens with one attached hydrogen (secondary N) is 2. The van der Waals surface area contributed by atoms with E-state index < -0.39 is 0 Å². The molecule has 0 saturated carbocycles. The summed E-state index contributed by atoms with van der Waals surface area (Å²) >= 11 is 0. The van der Waals surface area contributed by atoms with Gasteiger partial charge in [0.25, 0.3) is 5.91 Å². The van der Waals surface area contributed by atoms with Crippen LogP contribution in [0.25, 0.3) is 11.3 Å². The molecule has 1 fully saturated rings. The topological polar surface area (TPSA) is 97.2 Å². The molecule has 0 aliphatic carbocycles. The summed E-state index contributed by atoms with van der Waals surface area (Å²) in [6, 6.07) is 11.3. The summed E-state index contributed by atoms with van der Waals surface area (Å²) in [5.74, 6) is 2.27. The van der Waals surface area contributed by atoms with E-state index in [-0.39, 0.29) is 5.91 Å². The molecule has 0 spiro atoms. The van der Waals surface area contributed by atoms with Gasteiger partial charge in [-0.25, -0.2) is 9.97 Å². The van der Waals surface area contributed by atoms with E-state index in [0.717, 1.165) is 41.7 Å². The van der Waals surface area contributed by atoms with Gasteiger partial charge in [-0.15, -0.1) is 0 Å². The molecule has 0 radical (unpaired) electrons. The average Bonchev–Trinajstić information content (AvgIpc) is 3.47. The third-order valence-electron chi connectivity index (χ3n) is 5.28. The minimum Gasteiger partial charge on any atom is -0.497 e. The number of methoxy groups -OCH3 is 1. The highest BCUT2D eigenvalue weighted by Crippen LogP contribution is 2.23. The molecule has 1 saturated heterocycles. The first-order valence-electron chi connectivity index (χ1n) is 10.4. The number of aromatic nitrogens is 4. The zero-order valence-corrected chi connectivity index (χ0v) is 17.8. The van der Waals surface area contributed by atoms with Crippen molar-refractivity contribution in [1.29, 1.82) is 0 Å². The lowest BCUT2D eigenvalue weighted by Crippen LogP contribution is -2.30. The van der Waals surface area contributed by atoms with Crippen molar-refractivity contribution in [1.82, 2.24) is 25.1 Å². The summed E-state index contributed by atoms with van der Waals surface area (Å²) in [4.78, 5) is 23.5. The van der Waals surface area contributed by atoms with Crippen molar-refractivity contribution < 1.29 is 9.53 Å².